The average Bonchev–Trinajstić information content (AvgIpc) is 3.01. The first-order chi connectivity index (χ1) is 12.3. The molecule has 0 amide bonds. The Balaban J connectivity index is 2.22. The second kappa shape index (κ2) is 5.91. The van der Waals surface area contributed by atoms with Gasteiger partial charge in [0.1, 0.15) is 0 Å². The van der Waals surface area contributed by atoms with Crippen molar-refractivity contribution >= 4 is 34.1 Å². The van der Waals surface area contributed by atoms with E-state index >= 15 is 0 Å². The molecular formula is C21H15NO3. The summed E-state index contributed by atoms with van der Waals surface area (Å²) in [5.74, 6) is -0.472. The molecule has 4 heteroatoms. The van der Waals surface area contributed by atoms with E-state index in [1.807, 2.05) is 53.1 Å². The van der Waals surface area contributed by atoms with Crippen LogP contribution in [0.15, 0.2) is 66.7 Å². The molecule has 0 aliphatic rings. The number of aromatic nitrogens is 1. The fraction of sp³-hybridized carbons (Fsp3) is 0.0476. The molecule has 0 radical (unpaired) electrons. The summed E-state index contributed by atoms with van der Waals surface area (Å²) in [5, 5.41) is 2.13. The minimum absolute atomic E-state index is 0.360. The highest BCUT2D eigenvalue weighted by Gasteiger charge is 2.20. The number of methoxy groups -OCH3 is 1. The Bertz CT molecular complexity index is 1070. The molecule has 4 nitrogen and oxygen atoms in total. The molecule has 0 saturated heterocycles. The monoisotopic (exact) mass is 329 g/mol. The van der Waals surface area contributed by atoms with Gasteiger partial charge in [0.15, 0.2) is 6.29 Å². The predicted octanol–water partition coefficient (Wildman–Crippen LogP) is 4.38. The van der Waals surface area contributed by atoms with Crippen LogP contribution in [0.3, 0.4) is 0 Å². The summed E-state index contributed by atoms with van der Waals surface area (Å²) in [4.78, 5) is 24.0. The molecule has 0 aliphatic carbocycles. The van der Waals surface area contributed by atoms with Gasteiger partial charge in [-0.15, -0.1) is 0 Å². The van der Waals surface area contributed by atoms with Crippen molar-refractivity contribution in [3.8, 4) is 5.69 Å². The summed E-state index contributed by atoms with van der Waals surface area (Å²) in [6.07, 6.45) is 0.769. The number of carbonyl (C=O) groups is 2. The smallest absolute Gasteiger partial charge is 0.340 e. The van der Waals surface area contributed by atoms with E-state index < -0.39 is 5.97 Å². The van der Waals surface area contributed by atoms with Crippen LogP contribution in [0, 0.1) is 0 Å². The van der Waals surface area contributed by atoms with Gasteiger partial charge in [-0.3, -0.25) is 4.79 Å². The van der Waals surface area contributed by atoms with E-state index in [1.165, 1.54) is 7.11 Å². The first-order valence-corrected chi connectivity index (χ1v) is 7.91. The van der Waals surface area contributed by atoms with E-state index in [0.29, 0.717) is 16.8 Å². The standard InChI is InChI=1S/C21H15NO3/c1-25-21(24)17-10-6-7-14(13-23)20(17)22-18-11-4-2-8-15(18)16-9-3-5-12-19(16)22/h2-13H,1H3. The van der Waals surface area contributed by atoms with Gasteiger partial charge in [0.05, 0.1) is 29.4 Å². The van der Waals surface area contributed by atoms with Crippen LogP contribution >= 0.6 is 0 Å². The van der Waals surface area contributed by atoms with Crippen molar-refractivity contribution < 1.29 is 14.3 Å². The lowest BCUT2D eigenvalue weighted by Gasteiger charge is -2.14. The summed E-state index contributed by atoms with van der Waals surface area (Å²) in [7, 11) is 1.34. The molecule has 1 heterocycles. The van der Waals surface area contributed by atoms with Crippen molar-refractivity contribution in [3.63, 3.8) is 0 Å². The van der Waals surface area contributed by atoms with Gasteiger partial charge in [-0.05, 0) is 24.3 Å². The van der Waals surface area contributed by atoms with E-state index in [4.69, 9.17) is 4.74 Å². The first-order valence-electron chi connectivity index (χ1n) is 7.91. The molecule has 0 fully saturated rings. The van der Waals surface area contributed by atoms with Crippen molar-refractivity contribution in [2.75, 3.05) is 7.11 Å². The summed E-state index contributed by atoms with van der Waals surface area (Å²) in [6, 6.07) is 21.0. The van der Waals surface area contributed by atoms with Gasteiger partial charge in [-0.2, -0.15) is 0 Å². The second-order valence-electron chi connectivity index (χ2n) is 5.72. The van der Waals surface area contributed by atoms with Gasteiger partial charge in [0, 0.05) is 16.3 Å². The number of aldehydes is 1. The molecule has 1 aromatic heterocycles. The maximum absolute atomic E-state index is 12.3. The zero-order chi connectivity index (χ0) is 17.4. The van der Waals surface area contributed by atoms with Gasteiger partial charge in [-0.25, -0.2) is 4.79 Å². The molecule has 0 bridgehead atoms. The molecule has 0 saturated carbocycles. The van der Waals surface area contributed by atoms with Crippen LogP contribution in [0.25, 0.3) is 27.5 Å². The minimum atomic E-state index is -0.472. The topological polar surface area (TPSA) is 48.3 Å². The zero-order valence-electron chi connectivity index (χ0n) is 13.6. The average molecular weight is 329 g/mol. The van der Waals surface area contributed by atoms with Gasteiger partial charge in [0.2, 0.25) is 0 Å². The molecular weight excluding hydrogens is 314 g/mol. The molecule has 122 valence electrons. The molecule has 0 spiro atoms. The van der Waals surface area contributed by atoms with E-state index in [-0.39, 0.29) is 0 Å². The third kappa shape index (κ3) is 2.22. The van der Waals surface area contributed by atoms with Crippen LogP contribution in [-0.4, -0.2) is 23.9 Å². The van der Waals surface area contributed by atoms with Gasteiger partial charge >= 0.3 is 5.97 Å². The van der Waals surface area contributed by atoms with Crippen LogP contribution in [0.4, 0.5) is 0 Å². The summed E-state index contributed by atoms with van der Waals surface area (Å²) >= 11 is 0. The summed E-state index contributed by atoms with van der Waals surface area (Å²) in [6.45, 7) is 0. The molecule has 0 atom stereocenters. The Labute approximate surface area is 144 Å². The SMILES string of the molecule is COC(=O)c1cccc(C=O)c1-n1c2ccccc2c2ccccc21. The summed E-state index contributed by atoms with van der Waals surface area (Å²) < 4.78 is 6.89. The van der Waals surface area contributed by atoms with Gasteiger partial charge in [-0.1, -0.05) is 42.5 Å². The maximum atomic E-state index is 12.3. The molecule has 0 aliphatic heterocycles. The number of nitrogens with zero attached hydrogens (tertiary/aromatic N) is 1. The molecule has 25 heavy (non-hydrogen) atoms. The highest BCUT2D eigenvalue weighted by atomic mass is 16.5. The first kappa shape index (κ1) is 15.1. The van der Waals surface area contributed by atoms with Crippen molar-refractivity contribution in [1.29, 1.82) is 0 Å². The zero-order valence-corrected chi connectivity index (χ0v) is 13.6. The predicted molar refractivity (Wildman–Crippen MR) is 97.5 cm³/mol. The van der Waals surface area contributed by atoms with Crippen molar-refractivity contribution in [2.45, 2.75) is 0 Å². The molecule has 0 unspecified atom stereocenters. The van der Waals surface area contributed by atoms with Crippen LogP contribution in [0.2, 0.25) is 0 Å². The number of esters is 1. The van der Waals surface area contributed by atoms with Crippen LogP contribution in [0.1, 0.15) is 20.7 Å². The van der Waals surface area contributed by atoms with E-state index in [1.54, 1.807) is 18.2 Å². The maximum Gasteiger partial charge on any atom is 0.340 e. The number of fused-ring (bicyclic) bond motifs is 3. The largest absolute Gasteiger partial charge is 0.465 e. The number of hydrogen-bond donors (Lipinski definition) is 0. The molecule has 3 aromatic carbocycles. The van der Waals surface area contributed by atoms with Gasteiger partial charge in [0.25, 0.3) is 0 Å². The van der Waals surface area contributed by atoms with E-state index in [2.05, 4.69) is 0 Å². The second-order valence-corrected chi connectivity index (χ2v) is 5.72. The molecule has 4 rings (SSSR count). The van der Waals surface area contributed by atoms with Crippen LogP contribution in [-0.2, 0) is 4.74 Å². The Kier molecular flexibility index (Phi) is 3.58. The fourth-order valence-corrected chi connectivity index (χ4v) is 3.34. The molecule has 4 aromatic rings. The normalized spacial score (nSPS) is 10.9. The van der Waals surface area contributed by atoms with Crippen LogP contribution < -0.4 is 0 Å². The minimum Gasteiger partial charge on any atom is -0.465 e. The van der Waals surface area contributed by atoms with Crippen molar-refractivity contribution in [1.82, 2.24) is 4.57 Å². The molecule has 0 N–H and O–H groups in total. The third-order valence-electron chi connectivity index (χ3n) is 4.40. The highest BCUT2D eigenvalue weighted by molar-refractivity contribution is 6.11. The van der Waals surface area contributed by atoms with E-state index in [0.717, 1.165) is 28.1 Å². The summed E-state index contributed by atoms with van der Waals surface area (Å²) in [5.41, 5.74) is 3.21. The number of ether oxygens (including phenoxy) is 1. The quantitative estimate of drug-likeness (QED) is 0.414. The number of para-hydroxylation sites is 3. The number of carbonyl (C=O) groups excluding carboxylic acids is 2. The van der Waals surface area contributed by atoms with E-state index in [9.17, 15) is 9.59 Å². The highest BCUT2D eigenvalue weighted by Crippen LogP contribution is 2.34. The lowest BCUT2D eigenvalue weighted by molar-refractivity contribution is 0.0601. The Hall–Kier alpha value is -3.40. The van der Waals surface area contributed by atoms with Crippen LogP contribution in [0.5, 0.6) is 0 Å². The van der Waals surface area contributed by atoms with Crippen molar-refractivity contribution in [2.24, 2.45) is 0 Å². The van der Waals surface area contributed by atoms with Gasteiger partial charge < -0.3 is 9.30 Å². The third-order valence-corrected chi connectivity index (χ3v) is 4.40. The lowest BCUT2D eigenvalue weighted by atomic mass is 10.1. The lowest BCUT2D eigenvalue weighted by Crippen LogP contribution is -2.10. The Morgan fingerprint density at radius 2 is 1.48 bits per heavy atom. The Morgan fingerprint density at radius 1 is 0.880 bits per heavy atom. The Morgan fingerprint density at radius 3 is 2.04 bits per heavy atom. The van der Waals surface area contributed by atoms with Crippen molar-refractivity contribution in [3.05, 3.63) is 77.9 Å². The number of rotatable bonds is 3. The number of benzene rings is 3. The fourth-order valence-electron chi connectivity index (χ4n) is 3.34. The number of hydrogen-bond acceptors (Lipinski definition) is 3.